The van der Waals surface area contributed by atoms with Crippen LogP contribution in [0.15, 0.2) is 47.6 Å². The molecule has 25 heavy (non-hydrogen) atoms. The molecule has 0 radical (unpaired) electrons. The Balaban J connectivity index is 1.91. The van der Waals surface area contributed by atoms with E-state index in [0.29, 0.717) is 5.56 Å². The van der Waals surface area contributed by atoms with Crippen LogP contribution in [0.1, 0.15) is 5.56 Å². The number of nitro groups is 1. The molecule has 4 N–H and O–H groups in total. The Morgan fingerprint density at radius 1 is 1.04 bits per heavy atom. The van der Waals surface area contributed by atoms with E-state index in [2.05, 4.69) is 10.4 Å². The van der Waals surface area contributed by atoms with Gasteiger partial charge in [-0.1, -0.05) is 0 Å². The second-order valence-corrected chi connectivity index (χ2v) is 4.71. The van der Waals surface area contributed by atoms with Crippen molar-refractivity contribution in [3.63, 3.8) is 0 Å². The van der Waals surface area contributed by atoms with E-state index in [-0.39, 0.29) is 22.9 Å². The smallest absolute Gasteiger partial charge is 0.329 e. The average Bonchev–Trinajstić information content (AvgIpc) is 2.58. The Labute approximate surface area is 140 Å². The lowest BCUT2D eigenvalue weighted by Crippen LogP contribution is -2.32. The molecule has 0 atom stereocenters. The highest BCUT2D eigenvalue weighted by Crippen LogP contribution is 2.23. The van der Waals surface area contributed by atoms with Crippen molar-refractivity contribution in [2.24, 2.45) is 5.10 Å². The van der Waals surface area contributed by atoms with E-state index in [4.69, 9.17) is 5.11 Å². The number of hydrogen-bond donors (Lipinski definition) is 4. The average molecular weight is 344 g/mol. The number of nitrogens with zero attached hydrogens (tertiary/aromatic N) is 2. The molecule has 2 aromatic rings. The first-order chi connectivity index (χ1) is 11.9. The Bertz CT molecular complexity index is 848. The summed E-state index contributed by atoms with van der Waals surface area (Å²) < 4.78 is 0. The molecule has 0 saturated heterocycles. The first kappa shape index (κ1) is 17.4. The zero-order valence-electron chi connectivity index (χ0n) is 12.5. The summed E-state index contributed by atoms with van der Waals surface area (Å²) in [5.74, 6) is -2.73. The SMILES string of the molecule is O=C(N/N=C/c1ccc(O)c(O)c1)C(=O)Nc1ccc([N+](=O)[O-])cc1. The lowest BCUT2D eigenvalue weighted by molar-refractivity contribution is -0.384. The maximum atomic E-state index is 11.7. The summed E-state index contributed by atoms with van der Waals surface area (Å²) in [5.41, 5.74) is 2.42. The molecule has 0 aliphatic rings. The number of anilines is 1. The maximum absolute atomic E-state index is 11.7. The molecule has 2 aromatic carbocycles. The van der Waals surface area contributed by atoms with Crippen molar-refractivity contribution in [3.8, 4) is 11.5 Å². The number of carbonyl (C=O) groups is 2. The normalized spacial score (nSPS) is 10.4. The van der Waals surface area contributed by atoms with Crippen molar-refractivity contribution in [1.82, 2.24) is 5.43 Å². The third-order valence-corrected chi connectivity index (χ3v) is 2.92. The van der Waals surface area contributed by atoms with Crippen LogP contribution in [0.3, 0.4) is 0 Å². The van der Waals surface area contributed by atoms with Gasteiger partial charge in [0.25, 0.3) is 5.69 Å². The van der Waals surface area contributed by atoms with Gasteiger partial charge in [-0.15, -0.1) is 0 Å². The molecule has 0 spiro atoms. The fraction of sp³-hybridized carbons (Fsp3) is 0. The molecule has 10 heteroatoms. The van der Waals surface area contributed by atoms with Crippen molar-refractivity contribution in [2.75, 3.05) is 5.32 Å². The van der Waals surface area contributed by atoms with Gasteiger partial charge in [-0.3, -0.25) is 19.7 Å². The molecule has 2 rings (SSSR count). The molecule has 2 amide bonds. The highest BCUT2D eigenvalue weighted by Gasteiger charge is 2.13. The minimum Gasteiger partial charge on any atom is -0.504 e. The summed E-state index contributed by atoms with van der Waals surface area (Å²) in [7, 11) is 0. The summed E-state index contributed by atoms with van der Waals surface area (Å²) in [6.45, 7) is 0. The summed E-state index contributed by atoms with van der Waals surface area (Å²) in [4.78, 5) is 33.2. The van der Waals surface area contributed by atoms with E-state index < -0.39 is 16.7 Å². The molecule has 10 nitrogen and oxygen atoms in total. The van der Waals surface area contributed by atoms with Crippen molar-refractivity contribution in [3.05, 3.63) is 58.1 Å². The molecule has 0 aromatic heterocycles. The third kappa shape index (κ3) is 4.76. The van der Waals surface area contributed by atoms with Gasteiger partial charge in [0.05, 0.1) is 11.1 Å². The number of phenolic OH excluding ortho intramolecular Hbond substituents is 2. The molecule has 0 unspecified atom stereocenters. The molecular formula is C15H12N4O6. The van der Waals surface area contributed by atoms with Crippen LogP contribution in [-0.2, 0) is 9.59 Å². The number of phenols is 2. The van der Waals surface area contributed by atoms with Crippen molar-refractivity contribution in [1.29, 1.82) is 0 Å². The van der Waals surface area contributed by atoms with Gasteiger partial charge < -0.3 is 15.5 Å². The largest absolute Gasteiger partial charge is 0.504 e. The van der Waals surface area contributed by atoms with Crippen LogP contribution in [-0.4, -0.2) is 33.2 Å². The van der Waals surface area contributed by atoms with Crippen molar-refractivity contribution >= 4 is 29.4 Å². The lowest BCUT2D eigenvalue weighted by Gasteiger charge is -2.03. The highest BCUT2D eigenvalue weighted by atomic mass is 16.6. The van der Waals surface area contributed by atoms with Crippen LogP contribution in [0, 0.1) is 10.1 Å². The number of hydrazone groups is 1. The van der Waals surface area contributed by atoms with Crippen LogP contribution >= 0.6 is 0 Å². The molecule has 0 aliphatic heterocycles. The van der Waals surface area contributed by atoms with Gasteiger partial charge in [0.1, 0.15) is 0 Å². The van der Waals surface area contributed by atoms with Gasteiger partial charge in [0.2, 0.25) is 0 Å². The minimum atomic E-state index is -1.06. The monoisotopic (exact) mass is 344 g/mol. The van der Waals surface area contributed by atoms with E-state index in [9.17, 15) is 24.8 Å². The van der Waals surface area contributed by atoms with Crippen LogP contribution in [0.25, 0.3) is 0 Å². The zero-order chi connectivity index (χ0) is 18.4. The van der Waals surface area contributed by atoms with E-state index >= 15 is 0 Å². The first-order valence-corrected chi connectivity index (χ1v) is 6.77. The van der Waals surface area contributed by atoms with Crippen molar-refractivity contribution < 1.29 is 24.7 Å². The van der Waals surface area contributed by atoms with Gasteiger partial charge in [0.15, 0.2) is 11.5 Å². The van der Waals surface area contributed by atoms with E-state index in [1.165, 1.54) is 42.5 Å². The number of hydrogen-bond acceptors (Lipinski definition) is 7. The molecule has 0 saturated carbocycles. The second-order valence-electron chi connectivity index (χ2n) is 4.71. The molecule has 0 heterocycles. The van der Waals surface area contributed by atoms with Crippen LogP contribution < -0.4 is 10.7 Å². The Hall–Kier alpha value is -3.95. The predicted octanol–water partition coefficient (Wildman–Crippen LogP) is 1.09. The second kappa shape index (κ2) is 7.55. The number of carbonyl (C=O) groups excluding carboxylic acids is 2. The number of benzene rings is 2. The number of nitro benzene ring substituents is 1. The van der Waals surface area contributed by atoms with Crippen LogP contribution in [0.5, 0.6) is 11.5 Å². The summed E-state index contributed by atoms with van der Waals surface area (Å²) in [6.07, 6.45) is 1.16. The van der Waals surface area contributed by atoms with E-state index in [0.717, 1.165) is 6.21 Å². The zero-order valence-corrected chi connectivity index (χ0v) is 12.5. The fourth-order valence-electron chi connectivity index (χ4n) is 1.69. The van der Waals surface area contributed by atoms with Crippen molar-refractivity contribution in [2.45, 2.75) is 0 Å². The Kier molecular flexibility index (Phi) is 5.25. The molecule has 0 fully saturated rings. The van der Waals surface area contributed by atoms with Gasteiger partial charge in [-0.25, -0.2) is 5.43 Å². The Morgan fingerprint density at radius 3 is 2.32 bits per heavy atom. The minimum absolute atomic E-state index is 0.149. The predicted molar refractivity (Wildman–Crippen MR) is 87.2 cm³/mol. The molecule has 0 aliphatic carbocycles. The van der Waals surface area contributed by atoms with Crippen LogP contribution in [0.2, 0.25) is 0 Å². The third-order valence-electron chi connectivity index (χ3n) is 2.92. The number of amides is 2. The van der Waals surface area contributed by atoms with E-state index in [1.807, 2.05) is 5.43 Å². The van der Waals surface area contributed by atoms with Gasteiger partial charge in [-0.05, 0) is 35.9 Å². The van der Waals surface area contributed by atoms with Gasteiger partial charge in [-0.2, -0.15) is 5.10 Å². The Morgan fingerprint density at radius 2 is 1.72 bits per heavy atom. The fourth-order valence-corrected chi connectivity index (χ4v) is 1.69. The summed E-state index contributed by atoms with van der Waals surface area (Å²) >= 11 is 0. The number of nitrogens with one attached hydrogen (secondary N) is 2. The van der Waals surface area contributed by atoms with Gasteiger partial charge >= 0.3 is 11.8 Å². The van der Waals surface area contributed by atoms with E-state index in [1.54, 1.807) is 0 Å². The van der Waals surface area contributed by atoms with Crippen LogP contribution in [0.4, 0.5) is 11.4 Å². The first-order valence-electron chi connectivity index (χ1n) is 6.77. The molecule has 0 bridgehead atoms. The quantitative estimate of drug-likeness (QED) is 0.214. The number of rotatable bonds is 4. The number of non-ortho nitro benzene ring substituents is 1. The number of aromatic hydroxyl groups is 2. The molecular weight excluding hydrogens is 332 g/mol. The van der Waals surface area contributed by atoms with Gasteiger partial charge in [0, 0.05) is 17.8 Å². The topological polar surface area (TPSA) is 154 Å². The highest BCUT2D eigenvalue weighted by molar-refractivity contribution is 6.39. The maximum Gasteiger partial charge on any atom is 0.329 e. The lowest BCUT2D eigenvalue weighted by atomic mass is 10.2. The standard InChI is InChI=1S/C15H12N4O6/c20-12-6-1-9(7-13(12)21)8-16-18-15(23)14(22)17-10-2-4-11(5-3-10)19(24)25/h1-8,20-21H,(H,17,22)(H,18,23)/b16-8+. The summed E-state index contributed by atoms with van der Waals surface area (Å²) in [5, 5.41) is 34.8. The molecule has 128 valence electrons. The summed E-state index contributed by atoms with van der Waals surface area (Å²) in [6, 6.07) is 8.81.